The molecule has 4 nitrogen and oxygen atoms in total. The maximum absolute atomic E-state index is 12.8. The number of nitrogens with two attached hydrogens (primary N) is 1. The maximum atomic E-state index is 12.8. The van der Waals surface area contributed by atoms with E-state index in [2.05, 4.69) is 0 Å². The molecule has 3 N–H and O–H groups in total. The molecule has 0 radical (unpaired) electrons. The standard InChI is InChI=1S/C11H12ClF3N2O2S/c12-8-5-7(6-16)1-2-9(8)20(18,19)17-10(3-4-10)11(13,14)15/h1-2,5,17H,3-4,6,16H2. The third-order valence-electron chi connectivity index (χ3n) is 3.14. The second-order valence-corrected chi connectivity index (χ2v) is 6.71. The Morgan fingerprint density at radius 2 is 1.95 bits per heavy atom. The molecule has 0 spiro atoms. The predicted octanol–water partition coefficient (Wildman–Crippen LogP) is 2.17. The highest BCUT2D eigenvalue weighted by Crippen LogP contribution is 2.49. The van der Waals surface area contributed by atoms with Crippen molar-refractivity contribution in [2.75, 3.05) is 0 Å². The summed E-state index contributed by atoms with van der Waals surface area (Å²) in [5.41, 5.74) is 3.60. The molecule has 1 aliphatic carbocycles. The first-order valence-corrected chi connectivity index (χ1v) is 7.57. The smallest absolute Gasteiger partial charge is 0.326 e. The molecule has 0 bridgehead atoms. The number of halogens is 4. The van der Waals surface area contributed by atoms with Crippen molar-refractivity contribution in [3.63, 3.8) is 0 Å². The van der Waals surface area contributed by atoms with Crippen LogP contribution >= 0.6 is 11.6 Å². The van der Waals surface area contributed by atoms with Crippen LogP contribution in [0, 0.1) is 0 Å². The molecule has 0 amide bonds. The first kappa shape index (κ1) is 15.6. The number of benzene rings is 1. The second-order valence-electron chi connectivity index (χ2n) is 4.65. The van der Waals surface area contributed by atoms with Gasteiger partial charge in [-0.05, 0) is 30.5 Å². The van der Waals surface area contributed by atoms with Gasteiger partial charge in [-0.3, -0.25) is 0 Å². The van der Waals surface area contributed by atoms with Crippen LogP contribution in [0.15, 0.2) is 23.1 Å². The van der Waals surface area contributed by atoms with Gasteiger partial charge in [0.25, 0.3) is 0 Å². The molecule has 0 unspecified atom stereocenters. The lowest BCUT2D eigenvalue weighted by atomic mass is 10.2. The Labute approximate surface area is 119 Å². The number of nitrogens with one attached hydrogen (secondary N) is 1. The molecule has 9 heteroatoms. The number of alkyl halides is 3. The van der Waals surface area contributed by atoms with Gasteiger partial charge in [-0.25, -0.2) is 8.42 Å². The zero-order valence-electron chi connectivity index (χ0n) is 10.2. The summed E-state index contributed by atoms with van der Waals surface area (Å²) in [6.07, 6.45) is -5.16. The molecule has 1 fully saturated rings. The lowest BCUT2D eigenvalue weighted by molar-refractivity contribution is -0.160. The van der Waals surface area contributed by atoms with Crippen LogP contribution in [0.5, 0.6) is 0 Å². The van der Waals surface area contributed by atoms with E-state index >= 15 is 0 Å². The molecular weight excluding hydrogens is 317 g/mol. The number of rotatable bonds is 4. The molecule has 1 aliphatic rings. The zero-order chi connectivity index (χ0) is 15.2. The van der Waals surface area contributed by atoms with Gasteiger partial charge in [0, 0.05) is 6.54 Å². The Hall–Kier alpha value is -0.830. The lowest BCUT2D eigenvalue weighted by Gasteiger charge is -2.21. The Bertz CT molecular complexity index is 627. The minimum absolute atomic E-state index is 0.153. The number of hydrogen-bond acceptors (Lipinski definition) is 3. The molecule has 0 saturated heterocycles. The minimum atomic E-state index is -4.62. The summed E-state index contributed by atoms with van der Waals surface area (Å²) in [4.78, 5) is -0.383. The van der Waals surface area contributed by atoms with Crippen molar-refractivity contribution >= 4 is 21.6 Å². The Kier molecular flexibility index (Phi) is 3.79. The summed E-state index contributed by atoms with van der Waals surface area (Å²) in [5.74, 6) is 0. The Morgan fingerprint density at radius 3 is 2.35 bits per heavy atom. The monoisotopic (exact) mass is 328 g/mol. The minimum Gasteiger partial charge on any atom is -0.326 e. The number of sulfonamides is 1. The average molecular weight is 329 g/mol. The fraction of sp³-hybridized carbons (Fsp3) is 0.455. The van der Waals surface area contributed by atoms with E-state index in [0.717, 1.165) is 6.07 Å². The van der Waals surface area contributed by atoms with Crippen molar-refractivity contribution in [3.8, 4) is 0 Å². The van der Waals surface area contributed by atoms with Crippen LogP contribution in [0.3, 0.4) is 0 Å². The summed E-state index contributed by atoms with van der Waals surface area (Å²) >= 11 is 5.80. The van der Waals surface area contributed by atoms with Gasteiger partial charge in [0.05, 0.1) is 5.02 Å². The van der Waals surface area contributed by atoms with Gasteiger partial charge >= 0.3 is 6.18 Å². The average Bonchev–Trinajstić information content (AvgIpc) is 3.08. The van der Waals surface area contributed by atoms with Crippen molar-refractivity contribution in [2.24, 2.45) is 5.73 Å². The first-order chi connectivity index (χ1) is 9.11. The maximum Gasteiger partial charge on any atom is 0.407 e. The van der Waals surface area contributed by atoms with Crippen LogP contribution in [-0.2, 0) is 16.6 Å². The Balaban J connectivity index is 2.33. The molecule has 112 valence electrons. The highest BCUT2D eigenvalue weighted by atomic mass is 35.5. The molecule has 1 aromatic rings. The van der Waals surface area contributed by atoms with E-state index in [1.807, 2.05) is 0 Å². The molecule has 1 saturated carbocycles. The van der Waals surface area contributed by atoms with Gasteiger partial charge in [-0.1, -0.05) is 17.7 Å². The van der Waals surface area contributed by atoms with Crippen molar-refractivity contribution in [1.29, 1.82) is 0 Å². The van der Waals surface area contributed by atoms with Crippen molar-refractivity contribution in [1.82, 2.24) is 4.72 Å². The zero-order valence-corrected chi connectivity index (χ0v) is 11.7. The lowest BCUT2D eigenvalue weighted by Crippen LogP contribution is -2.47. The topological polar surface area (TPSA) is 72.2 Å². The third kappa shape index (κ3) is 2.78. The van der Waals surface area contributed by atoms with Crippen molar-refractivity contribution in [2.45, 2.75) is 36.0 Å². The molecule has 1 aromatic carbocycles. The molecule has 2 rings (SSSR count). The highest BCUT2D eigenvalue weighted by molar-refractivity contribution is 7.89. The van der Waals surface area contributed by atoms with Crippen LogP contribution in [0.25, 0.3) is 0 Å². The first-order valence-electron chi connectivity index (χ1n) is 5.70. The van der Waals surface area contributed by atoms with Gasteiger partial charge in [0.1, 0.15) is 10.4 Å². The van der Waals surface area contributed by atoms with Crippen LogP contribution in [0.2, 0.25) is 5.02 Å². The molecule has 0 atom stereocenters. The van der Waals surface area contributed by atoms with Crippen LogP contribution in [-0.4, -0.2) is 20.1 Å². The van der Waals surface area contributed by atoms with Gasteiger partial charge in [-0.2, -0.15) is 17.9 Å². The molecule has 0 aliphatic heterocycles. The molecule has 20 heavy (non-hydrogen) atoms. The van der Waals surface area contributed by atoms with E-state index < -0.39 is 21.7 Å². The van der Waals surface area contributed by atoms with E-state index in [9.17, 15) is 21.6 Å². The predicted molar refractivity (Wildman–Crippen MR) is 67.7 cm³/mol. The van der Waals surface area contributed by atoms with E-state index in [0.29, 0.717) is 5.56 Å². The van der Waals surface area contributed by atoms with Gasteiger partial charge in [0.2, 0.25) is 10.0 Å². The second kappa shape index (κ2) is 4.87. The van der Waals surface area contributed by atoms with Crippen LogP contribution < -0.4 is 10.5 Å². The van der Waals surface area contributed by atoms with Crippen LogP contribution in [0.4, 0.5) is 13.2 Å². The normalized spacial score (nSPS) is 18.1. The summed E-state index contributed by atoms with van der Waals surface area (Å²) in [6.45, 7) is 0.153. The van der Waals surface area contributed by atoms with E-state index in [1.54, 1.807) is 4.72 Å². The summed E-state index contributed by atoms with van der Waals surface area (Å²) < 4.78 is 64.1. The van der Waals surface area contributed by atoms with Crippen molar-refractivity contribution < 1.29 is 21.6 Å². The van der Waals surface area contributed by atoms with E-state index in [1.165, 1.54) is 12.1 Å². The van der Waals surface area contributed by atoms with Gasteiger partial charge in [0.15, 0.2) is 0 Å². The van der Waals surface area contributed by atoms with Crippen LogP contribution in [0.1, 0.15) is 18.4 Å². The Morgan fingerprint density at radius 1 is 1.35 bits per heavy atom. The number of hydrogen-bond donors (Lipinski definition) is 2. The molecule has 0 aromatic heterocycles. The van der Waals surface area contributed by atoms with E-state index in [-0.39, 0.29) is 29.3 Å². The quantitative estimate of drug-likeness (QED) is 0.889. The fourth-order valence-corrected chi connectivity index (χ4v) is 3.78. The summed E-state index contributed by atoms with van der Waals surface area (Å²) in [7, 11) is -4.34. The summed E-state index contributed by atoms with van der Waals surface area (Å²) in [6, 6.07) is 3.89. The third-order valence-corrected chi connectivity index (χ3v) is 5.16. The van der Waals surface area contributed by atoms with Gasteiger partial charge in [-0.15, -0.1) is 0 Å². The van der Waals surface area contributed by atoms with Crippen molar-refractivity contribution in [3.05, 3.63) is 28.8 Å². The SMILES string of the molecule is NCc1ccc(S(=O)(=O)NC2(C(F)(F)F)CC2)c(Cl)c1. The highest BCUT2D eigenvalue weighted by Gasteiger charge is 2.65. The summed E-state index contributed by atoms with van der Waals surface area (Å²) in [5, 5.41) is -0.154. The van der Waals surface area contributed by atoms with Gasteiger partial charge < -0.3 is 5.73 Å². The van der Waals surface area contributed by atoms with E-state index in [4.69, 9.17) is 17.3 Å². The molecular formula is C11H12ClF3N2O2S. The molecule has 0 heterocycles. The largest absolute Gasteiger partial charge is 0.407 e. The fourth-order valence-electron chi connectivity index (χ4n) is 1.77.